The van der Waals surface area contributed by atoms with Crippen LogP contribution in [0.1, 0.15) is 17.9 Å². The van der Waals surface area contributed by atoms with E-state index in [1.54, 1.807) is 34.2 Å². The number of oxazole rings is 1. The van der Waals surface area contributed by atoms with Gasteiger partial charge >= 0.3 is 6.03 Å². The van der Waals surface area contributed by atoms with Gasteiger partial charge in [-0.3, -0.25) is 4.79 Å². The number of anilines is 1. The van der Waals surface area contributed by atoms with E-state index in [0.29, 0.717) is 66.4 Å². The third kappa shape index (κ3) is 5.86. The Morgan fingerprint density at radius 2 is 1.73 bits per heavy atom. The first-order chi connectivity index (χ1) is 15.9. The summed E-state index contributed by atoms with van der Waals surface area (Å²) in [5, 5.41) is 4.12. The van der Waals surface area contributed by atoms with E-state index in [2.05, 4.69) is 10.3 Å². The highest BCUT2D eigenvalue weighted by Gasteiger charge is 2.24. The molecule has 9 heteroatoms. The first-order valence-corrected chi connectivity index (χ1v) is 11.4. The number of urea groups is 1. The Balaban J connectivity index is 1.23. The van der Waals surface area contributed by atoms with Gasteiger partial charge in [-0.25, -0.2) is 9.78 Å². The van der Waals surface area contributed by atoms with E-state index in [1.165, 1.54) is 0 Å². The second-order valence-electron chi connectivity index (χ2n) is 7.89. The number of halogens is 2. The lowest BCUT2D eigenvalue weighted by Gasteiger charge is -2.34. The highest BCUT2D eigenvalue weighted by Crippen LogP contribution is 2.23. The van der Waals surface area contributed by atoms with Crippen molar-refractivity contribution in [3.8, 4) is 11.3 Å². The molecule has 1 aliphatic rings. The summed E-state index contributed by atoms with van der Waals surface area (Å²) < 4.78 is 5.77. The van der Waals surface area contributed by atoms with Crippen molar-refractivity contribution in [2.75, 3.05) is 31.5 Å². The van der Waals surface area contributed by atoms with Crippen molar-refractivity contribution in [1.82, 2.24) is 14.8 Å². The van der Waals surface area contributed by atoms with E-state index in [1.807, 2.05) is 31.2 Å². The zero-order valence-electron chi connectivity index (χ0n) is 18.2. The highest BCUT2D eigenvalue weighted by atomic mass is 35.5. The van der Waals surface area contributed by atoms with Gasteiger partial charge in [0.25, 0.3) is 0 Å². The number of nitrogens with one attached hydrogen (secondary N) is 1. The lowest BCUT2D eigenvalue weighted by Crippen LogP contribution is -2.51. The molecule has 0 saturated carbocycles. The molecule has 3 amide bonds. The van der Waals surface area contributed by atoms with Crippen molar-refractivity contribution < 1.29 is 14.0 Å². The van der Waals surface area contributed by atoms with E-state index < -0.39 is 0 Å². The van der Waals surface area contributed by atoms with Gasteiger partial charge in [0, 0.05) is 60.3 Å². The monoisotopic (exact) mass is 486 g/mol. The molecule has 1 saturated heterocycles. The average molecular weight is 487 g/mol. The molecule has 0 unspecified atom stereocenters. The maximum Gasteiger partial charge on any atom is 0.321 e. The third-order valence-electron chi connectivity index (χ3n) is 5.58. The van der Waals surface area contributed by atoms with Gasteiger partial charge in [-0.1, -0.05) is 29.3 Å². The van der Waals surface area contributed by atoms with Crippen LogP contribution in [0.5, 0.6) is 0 Å². The molecule has 0 spiro atoms. The van der Waals surface area contributed by atoms with Gasteiger partial charge in [-0.2, -0.15) is 0 Å². The fourth-order valence-corrected chi connectivity index (χ4v) is 3.88. The van der Waals surface area contributed by atoms with E-state index in [0.717, 1.165) is 11.1 Å². The minimum Gasteiger partial charge on any atom is -0.441 e. The van der Waals surface area contributed by atoms with Crippen LogP contribution >= 0.6 is 23.2 Å². The highest BCUT2D eigenvalue weighted by molar-refractivity contribution is 6.31. The summed E-state index contributed by atoms with van der Waals surface area (Å²) in [5.41, 5.74) is 2.48. The van der Waals surface area contributed by atoms with Crippen molar-refractivity contribution in [1.29, 1.82) is 0 Å². The number of rotatable bonds is 5. The van der Waals surface area contributed by atoms with E-state index in [9.17, 15) is 9.59 Å². The number of amides is 3. The predicted octanol–water partition coefficient (Wildman–Crippen LogP) is 5.27. The smallest absolute Gasteiger partial charge is 0.321 e. The van der Waals surface area contributed by atoms with Gasteiger partial charge in [0.2, 0.25) is 5.91 Å². The average Bonchev–Trinajstić information content (AvgIpc) is 3.29. The number of piperazine rings is 1. The first kappa shape index (κ1) is 23.1. The molecule has 33 heavy (non-hydrogen) atoms. The topological polar surface area (TPSA) is 78.7 Å². The molecule has 0 radical (unpaired) electrons. The molecule has 1 N–H and O–H groups in total. The molecule has 3 aromatic rings. The molecular weight excluding hydrogens is 463 g/mol. The minimum atomic E-state index is -0.198. The maximum absolute atomic E-state index is 12.6. The van der Waals surface area contributed by atoms with Crippen LogP contribution in [-0.2, 0) is 11.2 Å². The summed E-state index contributed by atoms with van der Waals surface area (Å²) in [7, 11) is 0. The van der Waals surface area contributed by atoms with Gasteiger partial charge in [0.1, 0.15) is 0 Å². The number of hydrogen-bond acceptors (Lipinski definition) is 4. The lowest BCUT2D eigenvalue weighted by atomic mass is 10.2. The molecule has 172 valence electrons. The van der Waals surface area contributed by atoms with Crippen LogP contribution in [0.2, 0.25) is 10.0 Å². The Morgan fingerprint density at radius 3 is 2.42 bits per heavy atom. The standard InChI is InChI=1S/C24H24Cl2N4O3/c1-16-2-7-19(14-20(16)26)28-24(32)30-12-10-29(11-13-30)23(31)9-8-22-27-15-21(33-22)17-3-5-18(25)6-4-17/h2-7,14-15H,8-13H2,1H3,(H,28,32). The van der Waals surface area contributed by atoms with Gasteiger partial charge in [-0.05, 0) is 48.9 Å². The number of carbonyl (C=O) groups excluding carboxylic acids is 2. The van der Waals surface area contributed by atoms with Crippen LogP contribution in [0.25, 0.3) is 11.3 Å². The second kappa shape index (κ2) is 10.3. The van der Waals surface area contributed by atoms with Crippen molar-refractivity contribution in [3.05, 3.63) is 70.2 Å². The van der Waals surface area contributed by atoms with Gasteiger partial charge < -0.3 is 19.5 Å². The Labute approximate surface area is 202 Å². The number of carbonyl (C=O) groups is 2. The predicted molar refractivity (Wildman–Crippen MR) is 129 cm³/mol. The molecule has 1 fully saturated rings. The molecule has 0 aliphatic carbocycles. The molecule has 0 bridgehead atoms. The maximum atomic E-state index is 12.6. The summed E-state index contributed by atoms with van der Waals surface area (Å²) in [6.45, 7) is 3.82. The van der Waals surface area contributed by atoms with Crippen LogP contribution in [0, 0.1) is 6.92 Å². The normalized spacial score (nSPS) is 13.8. The van der Waals surface area contributed by atoms with Crippen molar-refractivity contribution >= 4 is 40.8 Å². The van der Waals surface area contributed by atoms with E-state index in [4.69, 9.17) is 27.6 Å². The van der Waals surface area contributed by atoms with E-state index >= 15 is 0 Å². The number of aromatic nitrogens is 1. The fourth-order valence-electron chi connectivity index (χ4n) is 3.58. The SMILES string of the molecule is Cc1ccc(NC(=O)N2CCN(C(=O)CCc3ncc(-c4ccc(Cl)cc4)o3)CC2)cc1Cl. The Morgan fingerprint density at radius 1 is 1.03 bits per heavy atom. The first-order valence-electron chi connectivity index (χ1n) is 10.7. The zero-order chi connectivity index (χ0) is 23.4. The Kier molecular flexibility index (Phi) is 7.20. The summed E-state index contributed by atoms with van der Waals surface area (Å²) in [5.74, 6) is 1.18. The van der Waals surface area contributed by atoms with Gasteiger partial charge in [0.15, 0.2) is 11.7 Å². The number of nitrogens with zero attached hydrogens (tertiary/aromatic N) is 3. The van der Waals surface area contributed by atoms with Crippen molar-refractivity contribution in [3.63, 3.8) is 0 Å². The zero-order valence-corrected chi connectivity index (χ0v) is 19.7. The van der Waals surface area contributed by atoms with Gasteiger partial charge in [0.05, 0.1) is 6.20 Å². The molecule has 7 nitrogen and oxygen atoms in total. The number of aryl methyl sites for hydroxylation is 2. The Hall–Kier alpha value is -3.03. The second-order valence-corrected chi connectivity index (χ2v) is 8.73. The van der Waals surface area contributed by atoms with Crippen molar-refractivity contribution in [2.24, 2.45) is 0 Å². The Bertz CT molecular complexity index is 1140. The molecule has 1 aliphatic heterocycles. The van der Waals surface area contributed by atoms with Crippen LogP contribution < -0.4 is 5.32 Å². The summed E-state index contributed by atoms with van der Waals surface area (Å²) in [6.07, 6.45) is 2.37. The third-order valence-corrected chi connectivity index (χ3v) is 6.24. The van der Waals surface area contributed by atoms with Crippen LogP contribution in [0.4, 0.5) is 10.5 Å². The summed E-state index contributed by atoms with van der Waals surface area (Å²) >= 11 is 12.0. The fraction of sp³-hybridized carbons (Fsp3) is 0.292. The molecule has 4 rings (SSSR count). The lowest BCUT2D eigenvalue weighted by molar-refractivity contribution is -0.132. The molecular formula is C24H24Cl2N4O3. The van der Waals surface area contributed by atoms with Crippen molar-refractivity contribution in [2.45, 2.75) is 19.8 Å². The summed E-state index contributed by atoms with van der Waals surface area (Å²) in [6, 6.07) is 12.5. The molecule has 1 aromatic heterocycles. The molecule has 2 aromatic carbocycles. The largest absolute Gasteiger partial charge is 0.441 e. The van der Waals surface area contributed by atoms with Gasteiger partial charge in [-0.15, -0.1) is 0 Å². The van der Waals surface area contributed by atoms with Crippen LogP contribution in [-0.4, -0.2) is 52.9 Å². The molecule has 2 heterocycles. The number of hydrogen-bond donors (Lipinski definition) is 1. The quantitative estimate of drug-likeness (QED) is 0.532. The molecule has 0 atom stereocenters. The van der Waals surface area contributed by atoms with E-state index in [-0.39, 0.29) is 11.9 Å². The number of benzene rings is 2. The summed E-state index contributed by atoms with van der Waals surface area (Å²) in [4.78, 5) is 32.9. The van der Waals surface area contributed by atoms with Crippen LogP contribution in [0.3, 0.4) is 0 Å². The minimum absolute atomic E-state index is 0.0200. The van der Waals surface area contributed by atoms with Crippen LogP contribution in [0.15, 0.2) is 53.1 Å².